The van der Waals surface area contributed by atoms with E-state index >= 15 is 0 Å². The predicted octanol–water partition coefficient (Wildman–Crippen LogP) is 4.48. The van der Waals surface area contributed by atoms with Crippen LogP contribution in [0, 0.1) is 0 Å². The minimum Gasteiger partial charge on any atom is -0.490 e. The fraction of sp³-hybridized carbons (Fsp3) is 0.476. The molecule has 0 aliphatic rings. The molecular formula is C21H29ClN2O5S2. The Morgan fingerprint density at radius 1 is 1.13 bits per heavy atom. The number of hydrogen-bond acceptors (Lipinski definition) is 6. The van der Waals surface area contributed by atoms with Crippen LogP contribution in [-0.4, -0.2) is 45.4 Å². The third kappa shape index (κ3) is 7.10. The van der Waals surface area contributed by atoms with Crippen molar-refractivity contribution in [1.29, 1.82) is 0 Å². The van der Waals surface area contributed by atoms with Crippen molar-refractivity contribution in [3.05, 3.63) is 40.2 Å². The van der Waals surface area contributed by atoms with Crippen LogP contribution >= 0.6 is 22.9 Å². The summed E-state index contributed by atoms with van der Waals surface area (Å²) in [7, 11) is -2.41. The van der Waals surface area contributed by atoms with Gasteiger partial charge in [-0.15, -0.1) is 11.3 Å². The Bertz CT molecular complexity index is 978. The van der Waals surface area contributed by atoms with Crippen LogP contribution in [0.2, 0.25) is 4.34 Å². The molecule has 0 fully saturated rings. The quantitative estimate of drug-likeness (QED) is 0.476. The fourth-order valence-corrected chi connectivity index (χ4v) is 5.52. The molecule has 0 unspecified atom stereocenters. The van der Waals surface area contributed by atoms with E-state index in [9.17, 15) is 13.2 Å². The lowest BCUT2D eigenvalue weighted by molar-refractivity contribution is -0.121. The zero-order chi connectivity index (χ0) is 23.0. The number of thiophene rings is 1. The van der Waals surface area contributed by atoms with Crippen LogP contribution in [-0.2, 0) is 14.8 Å². The van der Waals surface area contributed by atoms with Crippen molar-refractivity contribution in [3.8, 4) is 11.5 Å². The summed E-state index contributed by atoms with van der Waals surface area (Å²) in [6.07, 6.45) is 1.75. The highest BCUT2D eigenvalue weighted by atomic mass is 35.5. The number of rotatable bonds is 12. The molecule has 10 heteroatoms. The van der Waals surface area contributed by atoms with E-state index in [0.717, 1.165) is 34.0 Å². The molecule has 1 heterocycles. The Kier molecular flexibility index (Phi) is 9.61. The number of halogens is 1. The number of amides is 1. The maximum absolute atomic E-state index is 12.6. The van der Waals surface area contributed by atoms with E-state index in [-0.39, 0.29) is 16.8 Å². The van der Waals surface area contributed by atoms with E-state index in [4.69, 9.17) is 21.1 Å². The number of benzene rings is 1. The molecule has 1 aromatic carbocycles. The Balaban J connectivity index is 2.06. The van der Waals surface area contributed by atoms with Crippen LogP contribution in [0.5, 0.6) is 11.5 Å². The minimum absolute atomic E-state index is 0.0984. The minimum atomic E-state index is -3.78. The number of nitrogens with one attached hydrogen (secondary N) is 1. The zero-order valence-corrected chi connectivity index (χ0v) is 20.6. The maximum Gasteiger partial charge on any atom is 0.252 e. The van der Waals surface area contributed by atoms with Crippen molar-refractivity contribution < 1.29 is 22.7 Å². The van der Waals surface area contributed by atoms with Gasteiger partial charge in [0, 0.05) is 7.05 Å². The van der Waals surface area contributed by atoms with Crippen molar-refractivity contribution in [3.63, 3.8) is 0 Å². The highest BCUT2D eigenvalue weighted by Crippen LogP contribution is 2.31. The van der Waals surface area contributed by atoms with Gasteiger partial charge in [0.15, 0.2) is 11.5 Å². The number of nitrogens with zero attached hydrogens (tertiary/aromatic N) is 1. The van der Waals surface area contributed by atoms with Crippen LogP contribution in [0.1, 0.15) is 45.2 Å². The first-order chi connectivity index (χ1) is 14.7. The molecule has 0 saturated carbocycles. The summed E-state index contributed by atoms with van der Waals surface area (Å²) in [5.41, 5.74) is 0.832. The fourth-order valence-electron chi connectivity index (χ4n) is 2.70. The molecule has 2 aromatic rings. The van der Waals surface area contributed by atoms with Gasteiger partial charge in [-0.1, -0.05) is 31.5 Å². The Morgan fingerprint density at radius 2 is 1.77 bits per heavy atom. The van der Waals surface area contributed by atoms with E-state index in [1.54, 1.807) is 0 Å². The highest BCUT2D eigenvalue weighted by Gasteiger charge is 2.25. The molecule has 7 nitrogen and oxygen atoms in total. The lowest BCUT2D eigenvalue weighted by Gasteiger charge is -2.20. The van der Waals surface area contributed by atoms with E-state index in [1.165, 1.54) is 19.2 Å². The molecule has 0 aliphatic carbocycles. The largest absolute Gasteiger partial charge is 0.490 e. The summed E-state index contributed by atoms with van der Waals surface area (Å²) < 4.78 is 38.2. The zero-order valence-electron chi connectivity index (χ0n) is 18.2. The van der Waals surface area contributed by atoms with Gasteiger partial charge in [-0.3, -0.25) is 4.79 Å². The molecule has 1 atom stereocenters. The van der Waals surface area contributed by atoms with Crippen molar-refractivity contribution in [1.82, 2.24) is 9.62 Å². The van der Waals surface area contributed by atoms with Gasteiger partial charge in [-0.2, -0.15) is 4.31 Å². The molecule has 0 saturated heterocycles. The summed E-state index contributed by atoms with van der Waals surface area (Å²) in [6.45, 7) is 6.72. The standard InChI is InChI=1S/C21H29ClN2O5S2/c1-5-11-28-17-8-7-16(13-18(17)29-12-6-2)15(3)23-20(25)14-24(4)31(26,27)21-10-9-19(22)30-21/h7-10,13,15H,5-6,11-12,14H2,1-4H3,(H,23,25)/t15-/m1/s1. The van der Waals surface area contributed by atoms with Crippen LogP contribution in [0.4, 0.5) is 0 Å². The molecule has 1 N–H and O–H groups in total. The number of hydrogen-bond donors (Lipinski definition) is 1. The molecule has 2 rings (SSSR count). The van der Waals surface area contributed by atoms with E-state index < -0.39 is 15.9 Å². The van der Waals surface area contributed by atoms with E-state index in [0.29, 0.717) is 29.0 Å². The Hall–Kier alpha value is -1.81. The topological polar surface area (TPSA) is 84.9 Å². The van der Waals surface area contributed by atoms with Gasteiger partial charge in [0.1, 0.15) is 4.21 Å². The van der Waals surface area contributed by atoms with Crippen LogP contribution in [0.15, 0.2) is 34.5 Å². The van der Waals surface area contributed by atoms with Gasteiger partial charge in [0.25, 0.3) is 10.0 Å². The van der Waals surface area contributed by atoms with Crippen LogP contribution in [0.25, 0.3) is 0 Å². The van der Waals surface area contributed by atoms with Gasteiger partial charge in [0.05, 0.1) is 30.1 Å². The number of ether oxygens (including phenoxy) is 2. The SMILES string of the molecule is CCCOc1ccc([C@@H](C)NC(=O)CN(C)S(=O)(=O)c2ccc(Cl)s2)cc1OCCC. The van der Waals surface area contributed by atoms with Crippen molar-refractivity contribution in [2.45, 2.75) is 43.9 Å². The molecule has 0 spiro atoms. The number of carbonyl (C=O) groups excluding carboxylic acids is 1. The monoisotopic (exact) mass is 488 g/mol. The van der Waals surface area contributed by atoms with E-state index in [2.05, 4.69) is 5.32 Å². The Labute approximate surface area is 193 Å². The summed E-state index contributed by atoms with van der Waals surface area (Å²) in [6, 6.07) is 8.14. The number of sulfonamides is 1. The average molecular weight is 489 g/mol. The van der Waals surface area contributed by atoms with Gasteiger partial charge in [0.2, 0.25) is 5.91 Å². The number of carbonyl (C=O) groups is 1. The molecule has 31 heavy (non-hydrogen) atoms. The normalized spacial score (nSPS) is 12.6. The van der Waals surface area contributed by atoms with Crippen LogP contribution < -0.4 is 14.8 Å². The Morgan fingerprint density at radius 3 is 2.35 bits per heavy atom. The van der Waals surface area contributed by atoms with Crippen molar-refractivity contribution in [2.24, 2.45) is 0 Å². The lowest BCUT2D eigenvalue weighted by atomic mass is 10.1. The van der Waals surface area contributed by atoms with Crippen molar-refractivity contribution in [2.75, 3.05) is 26.8 Å². The summed E-state index contributed by atoms with van der Waals surface area (Å²) in [4.78, 5) is 12.5. The molecule has 0 bridgehead atoms. The first kappa shape index (κ1) is 25.5. The molecule has 1 aromatic heterocycles. The summed E-state index contributed by atoms with van der Waals surface area (Å²) in [5.74, 6) is 0.879. The summed E-state index contributed by atoms with van der Waals surface area (Å²) in [5, 5.41) is 2.84. The highest BCUT2D eigenvalue weighted by molar-refractivity contribution is 7.91. The van der Waals surface area contributed by atoms with Gasteiger partial charge in [-0.25, -0.2) is 8.42 Å². The first-order valence-corrected chi connectivity index (χ1v) is 12.7. The predicted molar refractivity (Wildman–Crippen MR) is 124 cm³/mol. The van der Waals surface area contributed by atoms with Crippen LogP contribution in [0.3, 0.4) is 0 Å². The number of likely N-dealkylation sites (N-methyl/N-ethyl adjacent to an activating group) is 1. The van der Waals surface area contributed by atoms with Gasteiger partial charge >= 0.3 is 0 Å². The third-order valence-electron chi connectivity index (χ3n) is 4.35. The van der Waals surface area contributed by atoms with E-state index in [1.807, 2.05) is 39.0 Å². The maximum atomic E-state index is 12.6. The van der Waals surface area contributed by atoms with Gasteiger partial charge < -0.3 is 14.8 Å². The second-order valence-electron chi connectivity index (χ2n) is 7.01. The molecule has 0 aliphatic heterocycles. The lowest BCUT2D eigenvalue weighted by Crippen LogP contribution is -2.39. The first-order valence-electron chi connectivity index (χ1n) is 10.1. The molecule has 1 amide bonds. The smallest absolute Gasteiger partial charge is 0.252 e. The van der Waals surface area contributed by atoms with Gasteiger partial charge in [-0.05, 0) is 49.6 Å². The van der Waals surface area contributed by atoms with Crippen molar-refractivity contribution >= 4 is 38.9 Å². The average Bonchev–Trinajstić information content (AvgIpc) is 3.17. The second-order valence-corrected chi connectivity index (χ2v) is 11.0. The summed E-state index contributed by atoms with van der Waals surface area (Å²) >= 11 is 6.79. The third-order valence-corrected chi connectivity index (χ3v) is 7.85. The molecule has 172 valence electrons. The molecule has 0 radical (unpaired) electrons. The second kappa shape index (κ2) is 11.7. The molecular weight excluding hydrogens is 460 g/mol.